The molecule has 1 atom stereocenters. The molecule has 0 radical (unpaired) electrons. The number of carbonyl (C=O) groups excluding carboxylic acids is 2. The second kappa shape index (κ2) is 7.66. The lowest BCUT2D eigenvalue weighted by molar-refractivity contribution is -0.118. The van der Waals surface area contributed by atoms with Gasteiger partial charge in [0.05, 0.1) is 0 Å². The van der Waals surface area contributed by atoms with Crippen molar-refractivity contribution < 1.29 is 23.1 Å². The van der Waals surface area contributed by atoms with Crippen molar-refractivity contribution in [2.75, 3.05) is 11.9 Å². The molecule has 0 saturated carbocycles. The molecule has 1 aromatic heterocycles. The molecule has 148 valence electrons. The number of rotatable bonds is 4. The molecule has 0 spiro atoms. The summed E-state index contributed by atoms with van der Waals surface area (Å²) >= 11 is 0. The Morgan fingerprint density at radius 3 is 2.79 bits per heavy atom. The Morgan fingerprint density at radius 1 is 1.21 bits per heavy atom. The third-order valence-corrected chi connectivity index (χ3v) is 4.26. The lowest BCUT2D eigenvalue weighted by atomic mass is 10.1. The fourth-order valence-electron chi connectivity index (χ4n) is 2.85. The maximum atomic E-state index is 13.9. The van der Waals surface area contributed by atoms with E-state index in [0.29, 0.717) is 18.3 Å². The van der Waals surface area contributed by atoms with Crippen LogP contribution in [0.3, 0.4) is 0 Å². The van der Waals surface area contributed by atoms with Crippen LogP contribution in [0.1, 0.15) is 22.0 Å². The molecule has 0 bridgehead atoms. The van der Waals surface area contributed by atoms with E-state index >= 15 is 0 Å². The van der Waals surface area contributed by atoms with E-state index in [1.54, 1.807) is 0 Å². The van der Waals surface area contributed by atoms with Crippen molar-refractivity contribution in [1.82, 2.24) is 20.5 Å². The molecule has 0 saturated heterocycles. The van der Waals surface area contributed by atoms with Gasteiger partial charge in [-0.2, -0.15) is 0 Å². The van der Waals surface area contributed by atoms with Crippen LogP contribution in [0.5, 0.6) is 5.75 Å². The van der Waals surface area contributed by atoms with Crippen molar-refractivity contribution >= 4 is 17.5 Å². The van der Waals surface area contributed by atoms with Crippen molar-refractivity contribution in [3.05, 3.63) is 71.3 Å². The van der Waals surface area contributed by atoms with E-state index < -0.39 is 29.5 Å². The first-order chi connectivity index (χ1) is 14.0. The molecule has 0 aliphatic carbocycles. The van der Waals surface area contributed by atoms with E-state index in [-0.39, 0.29) is 23.9 Å². The largest absolute Gasteiger partial charge is 0.488 e. The Balaban J connectivity index is 1.44. The molecule has 4 rings (SSSR count). The van der Waals surface area contributed by atoms with E-state index in [9.17, 15) is 18.4 Å². The molecule has 1 unspecified atom stereocenters. The summed E-state index contributed by atoms with van der Waals surface area (Å²) in [6.07, 6.45) is 0.453. The maximum absolute atomic E-state index is 13.9. The Bertz CT molecular complexity index is 1070. The first kappa shape index (κ1) is 18.5. The molecule has 0 fully saturated rings. The Kier molecular flexibility index (Phi) is 4.90. The van der Waals surface area contributed by atoms with Gasteiger partial charge in [0.1, 0.15) is 35.7 Å². The van der Waals surface area contributed by atoms with Crippen LogP contribution in [0, 0.1) is 11.6 Å². The van der Waals surface area contributed by atoms with Crippen molar-refractivity contribution in [2.24, 2.45) is 0 Å². The number of benzene rings is 2. The summed E-state index contributed by atoms with van der Waals surface area (Å²) < 4.78 is 32.5. The number of nitrogens with zero attached hydrogens (tertiary/aromatic N) is 2. The van der Waals surface area contributed by atoms with Crippen LogP contribution in [0.25, 0.3) is 0 Å². The van der Waals surface area contributed by atoms with Gasteiger partial charge in [-0.1, -0.05) is 30.3 Å². The van der Waals surface area contributed by atoms with Crippen molar-refractivity contribution in [1.29, 1.82) is 0 Å². The van der Waals surface area contributed by atoms with Gasteiger partial charge in [-0.25, -0.2) is 8.78 Å². The first-order valence-corrected chi connectivity index (χ1v) is 8.68. The van der Waals surface area contributed by atoms with E-state index in [1.165, 1.54) is 0 Å². The molecule has 10 heteroatoms. The minimum absolute atomic E-state index is 0.0808. The number of fused-ring (bicyclic) bond motifs is 1. The SMILES string of the molecule is O=C(NC1COc2cc(F)cc(F)c2NC1=O)c1nnc(Cc2ccccc2)[nH]1. The Morgan fingerprint density at radius 2 is 2.00 bits per heavy atom. The quantitative estimate of drug-likeness (QED) is 0.620. The van der Waals surface area contributed by atoms with Crippen LogP contribution in [-0.2, 0) is 11.2 Å². The first-order valence-electron chi connectivity index (χ1n) is 8.68. The molecule has 1 aliphatic rings. The standard InChI is InChI=1S/C19H15F2N5O3/c20-11-7-12(21)16-14(8-11)29-9-13(18(27)24-16)22-19(28)17-23-15(25-26-17)6-10-4-2-1-3-5-10/h1-5,7-8,13H,6,9H2,(H,22,28)(H,24,27)(H,23,25,26). The smallest absolute Gasteiger partial charge is 0.289 e. The summed E-state index contributed by atoms with van der Waals surface area (Å²) in [6.45, 7) is -0.307. The molecule has 1 aliphatic heterocycles. The van der Waals surface area contributed by atoms with E-state index in [4.69, 9.17) is 4.74 Å². The highest BCUT2D eigenvalue weighted by molar-refractivity contribution is 6.01. The third kappa shape index (κ3) is 4.05. The van der Waals surface area contributed by atoms with Crippen LogP contribution >= 0.6 is 0 Å². The number of aromatic nitrogens is 3. The summed E-state index contributed by atoms with van der Waals surface area (Å²) in [6, 6.07) is 9.93. The highest BCUT2D eigenvalue weighted by atomic mass is 19.1. The fourth-order valence-corrected chi connectivity index (χ4v) is 2.85. The number of aromatic amines is 1. The summed E-state index contributed by atoms with van der Waals surface area (Å²) in [5.74, 6) is -2.95. The third-order valence-electron chi connectivity index (χ3n) is 4.26. The van der Waals surface area contributed by atoms with Gasteiger partial charge in [0.2, 0.25) is 5.82 Å². The molecule has 3 N–H and O–H groups in total. The minimum atomic E-state index is -1.14. The predicted octanol–water partition coefficient (Wildman–Crippen LogP) is 1.80. The lowest BCUT2D eigenvalue weighted by Crippen LogP contribution is -2.46. The molecule has 2 heterocycles. The summed E-state index contributed by atoms with van der Waals surface area (Å²) in [5.41, 5.74) is 0.706. The summed E-state index contributed by atoms with van der Waals surface area (Å²) in [4.78, 5) is 27.5. The Hall–Kier alpha value is -3.82. The molecule has 29 heavy (non-hydrogen) atoms. The maximum Gasteiger partial charge on any atom is 0.289 e. The topological polar surface area (TPSA) is 109 Å². The van der Waals surface area contributed by atoms with Gasteiger partial charge in [-0.15, -0.1) is 10.2 Å². The van der Waals surface area contributed by atoms with Crippen LogP contribution in [0.2, 0.25) is 0 Å². The number of amides is 2. The van der Waals surface area contributed by atoms with Crippen molar-refractivity contribution in [3.8, 4) is 5.75 Å². The minimum Gasteiger partial charge on any atom is -0.488 e. The number of anilines is 1. The zero-order valence-electron chi connectivity index (χ0n) is 14.9. The van der Waals surface area contributed by atoms with Crippen LogP contribution < -0.4 is 15.4 Å². The van der Waals surface area contributed by atoms with Gasteiger partial charge in [0.25, 0.3) is 11.8 Å². The van der Waals surface area contributed by atoms with Gasteiger partial charge < -0.3 is 20.4 Å². The van der Waals surface area contributed by atoms with Crippen LogP contribution in [0.15, 0.2) is 42.5 Å². The number of nitrogens with one attached hydrogen (secondary N) is 3. The molecule has 2 aromatic carbocycles. The average Bonchev–Trinajstić information content (AvgIpc) is 3.10. The van der Waals surface area contributed by atoms with Gasteiger partial charge in [0, 0.05) is 18.6 Å². The second-order valence-electron chi connectivity index (χ2n) is 6.37. The Labute approximate surface area is 163 Å². The number of carbonyl (C=O) groups is 2. The highest BCUT2D eigenvalue weighted by Gasteiger charge is 2.29. The monoisotopic (exact) mass is 399 g/mol. The number of H-pyrrole nitrogens is 1. The van der Waals surface area contributed by atoms with Crippen molar-refractivity contribution in [3.63, 3.8) is 0 Å². The number of ether oxygens (including phenoxy) is 1. The second-order valence-corrected chi connectivity index (χ2v) is 6.37. The van der Waals surface area contributed by atoms with E-state index in [1.807, 2.05) is 30.3 Å². The van der Waals surface area contributed by atoms with Crippen LogP contribution in [0.4, 0.5) is 14.5 Å². The molecule has 2 amide bonds. The molecule has 8 nitrogen and oxygen atoms in total. The summed E-state index contributed by atoms with van der Waals surface area (Å²) in [7, 11) is 0. The highest BCUT2D eigenvalue weighted by Crippen LogP contribution is 2.30. The van der Waals surface area contributed by atoms with E-state index in [0.717, 1.165) is 11.6 Å². The van der Waals surface area contributed by atoms with Gasteiger partial charge in [0.15, 0.2) is 5.82 Å². The van der Waals surface area contributed by atoms with Gasteiger partial charge in [-0.3, -0.25) is 9.59 Å². The predicted molar refractivity (Wildman–Crippen MR) is 97.4 cm³/mol. The molecule has 3 aromatic rings. The lowest BCUT2D eigenvalue weighted by Gasteiger charge is -2.13. The molecular formula is C19H15F2N5O3. The fraction of sp³-hybridized carbons (Fsp3) is 0.158. The van der Waals surface area contributed by atoms with Crippen LogP contribution in [-0.4, -0.2) is 39.6 Å². The van der Waals surface area contributed by atoms with Crippen molar-refractivity contribution in [2.45, 2.75) is 12.5 Å². The van der Waals surface area contributed by atoms with Gasteiger partial charge in [-0.05, 0) is 5.56 Å². The van der Waals surface area contributed by atoms with Gasteiger partial charge >= 0.3 is 0 Å². The average molecular weight is 399 g/mol. The normalized spacial score (nSPS) is 15.7. The molecular weight excluding hydrogens is 384 g/mol. The number of hydrogen-bond acceptors (Lipinski definition) is 5. The zero-order valence-corrected chi connectivity index (χ0v) is 14.9. The number of hydrogen-bond donors (Lipinski definition) is 3. The number of halogens is 2. The zero-order chi connectivity index (χ0) is 20.4. The summed E-state index contributed by atoms with van der Waals surface area (Å²) in [5, 5.41) is 12.5. The van der Waals surface area contributed by atoms with E-state index in [2.05, 4.69) is 25.8 Å².